The molecule has 0 spiro atoms. The zero-order valence-corrected chi connectivity index (χ0v) is 22.8. The third-order valence-corrected chi connectivity index (χ3v) is 7.83. The Bertz CT molecular complexity index is 1270. The maximum Gasteiger partial charge on any atom is 0.418 e. The second-order valence-corrected chi connectivity index (χ2v) is 10.7. The molecule has 222 valence electrons. The van der Waals surface area contributed by atoms with Crippen molar-refractivity contribution in [1.82, 2.24) is 9.80 Å². The Balaban J connectivity index is 1.65. The van der Waals surface area contributed by atoms with Gasteiger partial charge in [-0.2, -0.15) is 26.3 Å². The molecular formula is C28H29F6N3O3S. The quantitative estimate of drug-likeness (QED) is 0.304. The summed E-state index contributed by atoms with van der Waals surface area (Å²) >= 11 is 0.480. The average Bonchev–Trinajstić information content (AvgIpc) is 2.92. The first kappa shape index (κ1) is 30.9. The van der Waals surface area contributed by atoms with Gasteiger partial charge >= 0.3 is 12.4 Å². The minimum Gasteiger partial charge on any atom is -0.378 e. The number of anilines is 1. The summed E-state index contributed by atoms with van der Waals surface area (Å²) in [7, 11) is 0. The number of ether oxygens (including phenoxy) is 1. The third-order valence-electron chi connectivity index (χ3n) is 6.69. The lowest BCUT2D eigenvalue weighted by molar-refractivity contribution is -0.163. The van der Waals surface area contributed by atoms with Gasteiger partial charge < -0.3 is 15.0 Å². The standard InChI is InChI=1S/C28H29F6N3O3S/c29-27(30,31)25-19(9-11-24(39)37-14-16-40-17-15-37)8-10-22(26(25)28(32,33)34)41-21-7-3-2-6-20(21)35-23(38)18-36-12-4-1-5-13-36/h2-3,6-11H,1,4-5,12-18H2,(H,35,38). The Morgan fingerprint density at radius 2 is 1.51 bits per heavy atom. The number of morpholine rings is 1. The van der Waals surface area contributed by atoms with Crippen LogP contribution in [0.1, 0.15) is 36.0 Å². The maximum atomic E-state index is 14.3. The first-order chi connectivity index (χ1) is 19.4. The summed E-state index contributed by atoms with van der Waals surface area (Å²) in [5.41, 5.74) is -4.32. The van der Waals surface area contributed by atoms with E-state index >= 15 is 0 Å². The van der Waals surface area contributed by atoms with E-state index in [-0.39, 0.29) is 49.3 Å². The van der Waals surface area contributed by atoms with E-state index < -0.39 is 39.8 Å². The monoisotopic (exact) mass is 601 g/mol. The van der Waals surface area contributed by atoms with Crippen LogP contribution in [0.2, 0.25) is 0 Å². The van der Waals surface area contributed by atoms with E-state index in [2.05, 4.69) is 5.32 Å². The van der Waals surface area contributed by atoms with E-state index in [4.69, 9.17) is 4.74 Å². The first-order valence-corrected chi connectivity index (χ1v) is 13.9. The number of carbonyl (C=O) groups excluding carboxylic acids is 2. The molecule has 0 bridgehead atoms. The predicted molar refractivity (Wildman–Crippen MR) is 142 cm³/mol. The second kappa shape index (κ2) is 13.3. The van der Waals surface area contributed by atoms with Crippen molar-refractivity contribution in [3.63, 3.8) is 0 Å². The van der Waals surface area contributed by atoms with E-state index in [0.717, 1.165) is 56.6 Å². The van der Waals surface area contributed by atoms with E-state index in [9.17, 15) is 35.9 Å². The van der Waals surface area contributed by atoms with Crippen molar-refractivity contribution in [2.24, 2.45) is 0 Å². The van der Waals surface area contributed by atoms with Gasteiger partial charge in [0, 0.05) is 29.0 Å². The zero-order valence-electron chi connectivity index (χ0n) is 22.0. The molecule has 2 aromatic rings. The van der Waals surface area contributed by atoms with Gasteiger partial charge in [0.25, 0.3) is 0 Å². The van der Waals surface area contributed by atoms with Crippen LogP contribution in [-0.4, -0.2) is 67.6 Å². The Hall–Kier alpha value is -3.03. The molecule has 1 N–H and O–H groups in total. The second-order valence-electron chi connectivity index (χ2n) is 9.65. The number of nitrogens with one attached hydrogen (secondary N) is 1. The van der Waals surface area contributed by atoms with Gasteiger partial charge in [-0.3, -0.25) is 14.5 Å². The molecule has 0 unspecified atom stereocenters. The fraction of sp³-hybridized carbons (Fsp3) is 0.429. The Morgan fingerprint density at radius 3 is 2.17 bits per heavy atom. The summed E-state index contributed by atoms with van der Waals surface area (Å²) in [6.07, 6.45) is -6.11. The highest BCUT2D eigenvalue weighted by Crippen LogP contribution is 2.48. The molecule has 41 heavy (non-hydrogen) atoms. The van der Waals surface area contributed by atoms with Crippen LogP contribution < -0.4 is 5.32 Å². The number of benzene rings is 2. The predicted octanol–water partition coefficient (Wildman–Crippen LogP) is 6.17. The highest BCUT2D eigenvalue weighted by molar-refractivity contribution is 7.99. The van der Waals surface area contributed by atoms with Crippen LogP contribution in [0.4, 0.5) is 32.0 Å². The van der Waals surface area contributed by atoms with Gasteiger partial charge in [-0.05, 0) is 55.8 Å². The number of nitrogens with zero attached hydrogens (tertiary/aromatic N) is 2. The zero-order chi connectivity index (χ0) is 29.6. The summed E-state index contributed by atoms with van der Waals surface area (Å²) in [6.45, 7) is 2.61. The molecule has 13 heteroatoms. The summed E-state index contributed by atoms with van der Waals surface area (Å²) < 4.78 is 90.6. The maximum absolute atomic E-state index is 14.3. The SMILES string of the molecule is O=C(CN1CCCCC1)Nc1ccccc1Sc1ccc(C=CC(=O)N2CCOCC2)c(C(F)(F)F)c1C(F)(F)F. The smallest absolute Gasteiger partial charge is 0.378 e. The number of halogens is 6. The lowest BCUT2D eigenvalue weighted by Crippen LogP contribution is -2.39. The van der Waals surface area contributed by atoms with Crippen LogP contribution in [-0.2, 0) is 26.7 Å². The topological polar surface area (TPSA) is 61.9 Å². The molecule has 0 radical (unpaired) electrons. The molecule has 2 heterocycles. The van der Waals surface area contributed by atoms with Crippen LogP contribution in [0.3, 0.4) is 0 Å². The molecule has 2 aliphatic rings. The number of rotatable bonds is 7. The number of hydrogen-bond acceptors (Lipinski definition) is 5. The van der Waals surface area contributed by atoms with E-state index in [1.807, 2.05) is 4.90 Å². The lowest BCUT2D eigenvalue weighted by Gasteiger charge is -2.26. The van der Waals surface area contributed by atoms with Gasteiger partial charge in [0.2, 0.25) is 11.8 Å². The average molecular weight is 602 g/mol. The van der Waals surface area contributed by atoms with Crippen LogP contribution in [0.25, 0.3) is 6.08 Å². The van der Waals surface area contributed by atoms with Crippen molar-refractivity contribution < 1.29 is 40.7 Å². The summed E-state index contributed by atoms with van der Waals surface area (Å²) in [5.74, 6) is -0.986. The number of para-hydroxylation sites is 1. The highest BCUT2D eigenvalue weighted by Gasteiger charge is 2.46. The van der Waals surface area contributed by atoms with Crippen LogP contribution in [0.5, 0.6) is 0 Å². The third kappa shape index (κ3) is 8.26. The highest BCUT2D eigenvalue weighted by atomic mass is 32.2. The van der Waals surface area contributed by atoms with Crippen LogP contribution >= 0.6 is 11.8 Å². The van der Waals surface area contributed by atoms with Crippen molar-refractivity contribution in [3.05, 3.63) is 59.2 Å². The van der Waals surface area contributed by atoms with Gasteiger partial charge in [-0.15, -0.1) is 0 Å². The summed E-state index contributed by atoms with van der Waals surface area (Å²) in [4.78, 5) is 27.9. The van der Waals surface area contributed by atoms with Gasteiger partial charge in [-0.25, -0.2) is 0 Å². The number of carbonyl (C=O) groups is 2. The van der Waals surface area contributed by atoms with E-state index in [0.29, 0.717) is 11.8 Å². The van der Waals surface area contributed by atoms with Crippen molar-refractivity contribution in [3.8, 4) is 0 Å². The van der Waals surface area contributed by atoms with Crippen molar-refractivity contribution in [1.29, 1.82) is 0 Å². The molecule has 2 aromatic carbocycles. The van der Waals surface area contributed by atoms with Crippen LogP contribution in [0.15, 0.2) is 52.3 Å². The fourth-order valence-corrected chi connectivity index (χ4v) is 5.82. The molecule has 0 atom stereocenters. The molecule has 2 amide bonds. The Kier molecular flexibility index (Phi) is 10.0. The summed E-state index contributed by atoms with van der Waals surface area (Å²) in [6, 6.07) is 7.89. The van der Waals surface area contributed by atoms with Crippen LogP contribution in [0, 0.1) is 0 Å². The molecule has 4 rings (SSSR count). The molecule has 6 nitrogen and oxygen atoms in total. The number of hydrogen-bond donors (Lipinski definition) is 1. The van der Waals surface area contributed by atoms with E-state index in [1.54, 1.807) is 6.07 Å². The summed E-state index contributed by atoms with van der Waals surface area (Å²) in [5, 5.41) is 2.69. The minimum atomic E-state index is -5.37. The number of alkyl halides is 6. The fourth-order valence-electron chi connectivity index (χ4n) is 4.75. The van der Waals surface area contributed by atoms with Gasteiger partial charge in [-0.1, -0.05) is 36.4 Å². The largest absolute Gasteiger partial charge is 0.418 e. The van der Waals surface area contributed by atoms with Gasteiger partial charge in [0.1, 0.15) is 0 Å². The number of likely N-dealkylation sites (tertiary alicyclic amines) is 1. The molecule has 0 aliphatic carbocycles. The molecule has 0 aromatic heterocycles. The van der Waals surface area contributed by atoms with Crippen molar-refractivity contribution in [2.45, 2.75) is 41.4 Å². The van der Waals surface area contributed by atoms with Gasteiger partial charge in [0.15, 0.2) is 0 Å². The molecular weight excluding hydrogens is 572 g/mol. The number of amides is 2. The van der Waals surface area contributed by atoms with Crippen molar-refractivity contribution in [2.75, 3.05) is 51.3 Å². The Labute approximate surface area is 237 Å². The van der Waals surface area contributed by atoms with Crippen molar-refractivity contribution >= 4 is 35.3 Å². The minimum absolute atomic E-state index is 0.106. The van der Waals surface area contributed by atoms with Gasteiger partial charge in [0.05, 0.1) is 36.6 Å². The molecule has 2 saturated heterocycles. The molecule has 2 aliphatic heterocycles. The number of piperidine rings is 1. The molecule has 2 fully saturated rings. The Morgan fingerprint density at radius 1 is 0.854 bits per heavy atom. The normalized spacial score (nSPS) is 17.2. The molecule has 0 saturated carbocycles. The van der Waals surface area contributed by atoms with E-state index in [1.165, 1.54) is 23.1 Å². The first-order valence-electron chi connectivity index (χ1n) is 13.1. The lowest BCUT2D eigenvalue weighted by atomic mass is 9.99.